The first-order valence-corrected chi connectivity index (χ1v) is 26.2. The number of nitrogens with zero attached hydrogens (tertiary/aromatic N) is 5. The van der Waals surface area contributed by atoms with Crippen molar-refractivity contribution >= 4 is 55.9 Å². The lowest BCUT2D eigenvalue weighted by Crippen LogP contribution is -2.09. The molecule has 0 spiro atoms. The molecule has 11 aromatic carbocycles. The fraction of sp³-hybridized carbons (Fsp3) is 0.0278. The van der Waals surface area contributed by atoms with Crippen molar-refractivity contribution in [3.05, 3.63) is 296 Å². The summed E-state index contributed by atoms with van der Waals surface area (Å²) in [4.78, 5) is 14.8. The van der Waals surface area contributed by atoms with Crippen molar-refractivity contribution in [3.8, 4) is 61.8 Å². The van der Waals surface area contributed by atoms with Gasteiger partial charge in [0, 0.05) is 67.3 Å². The second-order valence-electron chi connectivity index (χ2n) is 19.6. The summed E-state index contributed by atoms with van der Waals surface area (Å²) in [5.41, 5.74) is 22.1. The first kappa shape index (κ1) is 46.7. The Kier molecular flexibility index (Phi) is 12.3. The molecule has 13 rings (SSSR count). The van der Waals surface area contributed by atoms with E-state index in [4.69, 9.17) is 9.97 Å². The van der Waals surface area contributed by atoms with Crippen LogP contribution in [0.5, 0.6) is 0 Å². The lowest BCUT2D eigenvalue weighted by Gasteiger charge is -2.26. The lowest BCUT2D eigenvalue weighted by molar-refractivity contribution is 1.18. The summed E-state index contributed by atoms with van der Waals surface area (Å²) in [6.45, 7) is 4.45. The summed E-state index contributed by atoms with van der Waals surface area (Å²) >= 11 is 0. The predicted molar refractivity (Wildman–Crippen MR) is 322 cm³/mol. The number of hydrogen-bond acceptors (Lipinski definition) is 4. The van der Waals surface area contributed by atoms with Crippen LogP contribution in [0.3, 0.4) is 0 Å². The molecule has 0 radical (unpaired) electrons. The van der Waals surface area contributed by atoms with E-state index in [1.165, 1.54) is 44.2 Å². The molecular weight excluding hydrogens is 935 g/mol. The standard InChI is InChI=1S/C72H53N5/c1-50-45-57(46-51(2)71(50)55-35-33-54(34-36-55)68-49-67(53-21-9-3-10-22-53)73-72(74-68)56-23-11-4-12-24-56)52-37-39-62(40-38-52)77-69-43-41-63(75(58-25-13-5-14-26-58)59-27-15-6-16-28-59)47-65(69)66-48-64(42-44-70(66)77)76(60-29-17-7-18-30-60)61-31-19-8-20-32-61/h3-49H,1-2H3. The highest BCUT2D eigenvalue weighted by molar-refractivity contribution is 6.12. The minimum Gasteiger partial charge on any atom is -0.310 e. The average Bonchev–Trinajstić information content (AvgIpc) is 3.96. The smallest absolute Gasteiger partial charge is 0.160 e. The maximum Gasteiger partial charge on any atom is 0.160 e. The van der Waals surface area contributed by atoms with Gasteiger partial charge in [-0.05, 0) is 150 Å². The molecular formula is C72H53N5. The third-order valence-corrected chi connectivity index (χ3v) is 14.6. The highest BCUT2D eigenvalue weighted by atomic mass is 15.1. The van der Waals surface area contributed by atoms with Gasteiger partial charge in [0.15, 0.2) is 5.82 Å². The Morgan fingerprint density at radius 1 is 0.286 bits per heavy atom. The van der Waals surface area contributed by atoms with Crippen molar-refractivity contribution in [2.24, 2.45) is 0 Å². The Labute approximate surface area is 449 Å². The molecule has 0 saturated carbocycles. The molecule has 0 saturated heterocycles. The number of para-hydroxylation sites is 4. The number of hydrogen-bond donors (Lipinski definition) is 0. The Bertz CT molecular complexity index is 3880. The van der Waals surface area contributed by atoms with Gasteiger partial charge < -0.3 is 14.4 Å². The van der Waals surface area contributed by atoms with Crippen molar-refractivity contribution in [1.82, 2.24) is 14.5 Å². The van der Waals surface area contributed by atoms with E-state index in [9.17, 15) is 0 Å². The van der Waals surface area contributed by atoms with Crippen LogP contribution in [-0.4, -0.2) is 14.5 Å². The van der Waals surface area contributed by atoms with Crippen LogP contribution < -0.4 is 9.80 Å². The number of fused-ring (bicyclic) bond motifs is 3. The third-order valence-electron chi connectivity index (χ3n) is 14.6. The first-order chi connectivity index (χ1) is 38.0. The minimum atomic E-state index is 0.712. The van der Waals surface area contributed by atoms with Crippen LogP contribution in [0.4, 0.5) is 34.1 Å². The molecule has 0 amide bonds. The molecule has 0 aliphatic heterocycles. The van der Waals surface area contributed by atoms with Gasteiger partial charge in [-0.25, -0.2) is 9.97 Å². The van der Waals surface area contributed by atoms with Crippen molar-refractivity contribution in [3.63, 3.8) is 0 Å². The minimum absolute atomic E-state index is 0.712. The van der Waals surface area contributed by atoms with Crippen molar-refractivity contribution in [2.75, 3.05) is 9.80 Å². The fourth-order valence-corrected chi connectivity index (χ4v) is 11.0. The van der Waals surface area contributed by atoms with E-state index in [2.05, 4.69) is 289 Å². The molecule has 0 atom stereocenters. The van der Waals surface area contributed by atoms with Crippen molar-refractivity contribution in [2.45, 2.75) is 13.8 Å². The summed E-state index contributed by atoms with van der Waals surface area (Å²) < 4.78 is 2.42. The van der Waals surface area contributed by atoms with Gasteiger partial charge >= 0.3 is 0 Å². The van der Waals surface area contributed by atoms with Crippen LogP contribution in [0.25, 0.3) is 83.6 Å². The van der Waals surface area contributed by atoms with Crippen LogP contribution >= 0.6 is 0 Å². The SMILES string of the molecule is Cc1cc(-c2ccc(-n3c4ccc(N(c5ccccc5)c5ccccc5)cc4c4cc(N(c5ccccc5)c5ccccc5)ccc43)cc2)cc(C)c1-c1ccc(-c2cc(-c3ccccc3)nc(-c3ccccc3)n2)cc1. The van der Waals surface area contributed by atoms with Gasteiger partial charge in [0.05, 0.1) is 22.4 Å². The molecule has 0 bridgehead atoms. The number of rotatable bonds is 12. The first-order valence-electron chi connectivity index (χ1n) is 26.2. The highest BCUT2D eigenvalue weighted by Gasteiger charge is 2.21. The quantitative estimate of drug-likeness (QED) is 0.122. The Morgan fingerprint density at radius 2 is 0.649 bits per heavy atom. The molecule has 0 fully saturated rings. The summed E-state index contributed by atoms with van der Waals surface area (Å²) in [6, 6.07) is 102. The van der Waals surface area contributed by atoms with Gasteiger partial charge in [0.2, 0.25) is 0 Å². The van der Waals surface area contributed by atoms with Crippen LogP contribution in [0.2, 0.25) is 0 Å². The molecule has 2 heterocycles. The Balaban J connectivity index is 0.866. The number of anilines is 6. The zero-order valence-electron chi connectivity index (χ0n) is 42.9. The molecule has 366 valence electrons. The van der Waals surface area contributed by atoms with Gasteiger partial charge in [0.25, 0.3) is 0 Å². The zero-order valence-corrected chi connectivity index (χ0v) is 42.9. The van der Waals surface area contributed by atoms with E-state index in [1.54, 1.807) is 0 Å². The molecule has 77 heavy (non-hydrogen) atoms. The normalized spacial score (nSPS) is 11.2. The molecule has 0 unspecified atom stereocenters. The van der Waals surface area contributed by atoms with Crippen LogP contribution in [0.1, 0.15) is 11.1 Å². The number of aromatic nitrogens is 3. The molecule has 13 aromatic rings. The topological polar surface area (TPSA) is 37.2 Å². The van der Waals surface area contributed by atoms with Crippen LogP contribution in [0.15, 0.2) is 285 Å². The monoisotopic (exact) mass is 987 g/mol. The van der Waals surface area contributed by atoms with Gasteiger partial charge in [-0.1, -0.05) is 182 Å². The molecule has 2 aromatic heterocycles. The van der Waals surface area contributed by atoms with Crippen molar-refractivity contribution < 1.29 is 0 Å². The Hall–Kier alpha value is -10.1. The van der Waals surface area contributed by atoms with Gasteiger partial charge in [-0.3, -0.25) is 0 Å². The van der Waals surface area contributed by atoms with Crippen molar-refractivity contribution in [1.29, 1.82) is 0 Å². The molecule has 0 aliphatic carbocycles. The zero-order chi connectivity index (χ0) is 51.7. The summed E-state index contributed by atoms with van der Waals surface area (Å²) in [5, 5.41) is 2.34. The molecule has 0 aliphatic rings. The van der Waals surface area contributed by atoms with Crippen LogP contribution in [0, 0.1) is 13.8 Å². The lowest BCUT2D eigenvalue weighted by atomic mass is 9.91. The second kappa shape index (κ2) is 20.3. The fourth-order valence-electron chi connectivity index (χ4n) is 11.0. The summed E-state index contributed by atoms with van der Waals surface area (Å²) in [6.07, 6.45) is 0. The van der Waals surface area contributed by atoms with Crippen LogP contribution in [-0.2, 0) is 0 Å². The Morgan fingerprint density at radius 3 is 1.08 bits per heavy atom. The number of aryl methyl sites for hydroxylation is 2. The summed E-state index contributed by atoms with van der Waals surface area (Å²) in [7, 11) is 0. The molecule has 5 heteroatoms. The highest BCUT2D eigenvalue weighted by Crippen LogP contribution is 2.43. The predicted octanol–water partition coefficient (Wildman–Crippen LogP) is 19.5. The third kappa shape index (κ3) is 9.11. The molecule has 5 nitrogen and oxygen atoms in total. The maximum absolute atomic E-state index is 5.08. The number of benzene rings is 11. The average molecular weight is 988 g/mol. The van der Waals surface area contributed by atoms with E-state index in [0.29, 0.717) is 5.82 Å². The van der Waals surface area contributed by atoms with E-state index >= 15 is 0 Å². The van der Waals surface area contributed by atoms with E-state index in [-0.39, 0.29) is 0 Å². The molecule has 0 N–H and O–H groups in total. The summed E-state index contributed by atoms with van der Waals surface area (Å²) in [5.74, 6) is 0.712. The van der Waals surface area contributed by atoms with Gasteiger partial charge in [-0.15, -0.1) is 0 Å². The largest absolute Gasteiger partial charge is 0.310 e. The van der Waals surface area contributed by atoms with Gasteiger partial charge in [0.1, 0.15) is 0 Å². The van der Waals surface area contributed by atoms with Gasteiger partial charge in [-0.2, -0.15) is 0 Å². The van der Waals surface area contributed by atoms with E-state index in [1.807, 2.05) is 24.3 Å². The maximum atomic E-state index is 5.08. The second-order valence-corrected chi connectivity index (χ2v) is 19.6. The van der Waals surface area contributed by atoms with E-state index in [0.717, 1.165) is 78.9 Å². The van der Waals surface area contributed by atoms with E-state index < -0.39 is 0 Å².